The van der Waals surface area contributed by atoms with Gasteiger partial charge in [-0.25, -0.2) is 8.78 Å². The molecule has 1 aliphatic heterocycles. The molecule has 0 saturated carbocycles. The zero-order chi connectivity index (χ0) is 16.0. The van der Waals surface area contributed by atoms with Gasteiger partial charge in [0.25, 0.3) is 0 Å². The molecule has 0 radical (unpaired) electrons. The van der Waals surface area contributed by atoms with E-state index in [-0.39, 0.29) is 12.0 Å². The molecule has 1 unspecified atom stereocenters. The van der Waals surface area contributed by atoms with Crippen LogP contribution in [0.5, 0.6) is 5.75 Å². The SMILES string of the molecule is CCC(F)(CF)c1cc(N)cc(OCCN2CCOCC2)c1. The molecule has 0 spiro atoms. The van der Waals surface area contributed by atoms with Crippen LogP contribution in [0.3, 0.4) is 0 Å². The lowest BCUT2D eigenvalue weighted by Crippen LogP contribution is -2.38. The summed E-state index contributed by atoms with van der Waals surface area (Å²) in [5.74, 6) is 0.479. The highest BCUT2D eigenvalue weighted by Crippen LogP contribution is 2.34. The number of morpholine rings is 1. The predicted octanol–water partition coefficient (Wildman–Crippen LogP) is 2.52. The van der Waals surface area contributed by atoms with Crippen LogP contribution < -0.4 is 10.5 Å². The normalized spacial score (nSPS) is 18.9. The third kappa shape index (κ3) is 4.30. The number of benzene rings is 1. The molecule has 1 fully saturated rings. The Bertz CT molecular complexity index is 475. The lowest BCUT2D eigenvalue weighted by atomic mass is 9.94. The summed E-state index contributed by atoms with van der Waals surface area (Å²) in [4.78, 5) is 2.24. The maximum atomic E-state index is 14.4. The quantitative estimate of drug-likeness (QED) is 0.786. The summed E-state index contributed by atoms with van der Waals surface area (Å²) in [6.45, 7) is 5.03. The van der Waals surface area contributed by atoms with Crippen molar-refractivity contribution >= 4 is 5.69 Å². The summed E-state index contributed by atoms with van der Waals surface area (Å²) < 4.78 is 38.4. The molecule has 0 aromatic heterocycles. The summed E-state index contributed by atoms with van der Waals surface area (Å²) in [5, 5.41) is 0. The standard InChI is InChI=1S/C16H24F2N2O2/c1-2-16(18,12-17)13-9-14(19)11-15(10-13)22-8-5-20-3-6-21-7-4-20/h9-11H,2-8,12,19H2,1H3. The number of nitrogen functional groups attached to an aromatic ring is 1. The van der Waals surface area contributed by atoms with Crippen LogP contribution in [-0.4, -0.2) is 51.0 Å². The average Bonchev–Trinajstić information content (AvgIpc) is 2.54. The van der Waals surface area contributed by atoms with Crippen LogP contribution in [0, 0.1) is 0 Å². The molecule has 1 aromatic rings. The van der Waals surface area contributed by atoms with E-state index >= 15 is 0 Å². The van der Waals surface area contributed by atoms with Gasteiger partial charge in [-0.1, -0.05) is 6.92 Å². The van der Waals surface area contributed by atoms with Crippen molar-refractivity contribution in [1.29, 1.82) is 0 Å². The van der Waals surface area contributed by atoms with E-state index in [1.165, 1.54) is 6.07 Å². The Morgan fingerprint density at radius 3 is 2.68 bits per heavy atom. The third-order valence-electron chi connectivity index (χ3n) is 4.00. The monoisotopic (exact) mass is 314 g/mol. The zero-order valence-electron chi connectivity index (χ0n) is 13.0. The Labute approximate surface area is 130 Å². The Hall–Kier alpha value is -1.40. The van der Waals surface area contributed by atoms with Gasteiger partial charge in [-0.15, -0.1) is 0 Å². The second-order valence-corrected chi connectivity index (χ2v) is 5.55. The highest BCUT2D eigenvalue weighted by molar-refractivity contribution is 5.49. The molecule has 6 heteroatoms. The summed E-state index contributed by atoms with van der Waals surface area (Å²) in [7, 11) is 0. The van der Waals surface area contributed by atoms with Crippen LogP contribution in [-0.2, 0) is 10.4 Å². The van der Waals surface area contributed by atoms with E-state index < -0.39 is 12.3 Å². The minimum atomic E-state index is -2.00. The Morgan fingerprint density at radius 2 is 2.05 bits per heavy atom. The van der Waals surface area contributed by atoms with Crippen LogP contribution >= 0.6 is 0 Å². The Balaban J connectivity index is 1.97. The number of rotatable bonds is 7. The number of anilines is 1. The van der Waals surface area contributed by atoms with Crippen molar-refractivity contribution in [3.05, 3.63) is 23.8 Å². The fourth-order valence-electron chi connectivity index (χ4n) is 2.46. The number of nitrogens with zero attached hydrogens (tertiary/aromatic N) is 1. The summed E-state index contributed by atoms with van der Waals surface area (Å²) in [6.07, 6.45) is 0.0557. The second kappa shape index (κ2) is 7.74. The maximum absolute atomic E-state index is 14.4. The molecular formula is C16H24F2N2O2. The van der Waals surface area contributed by atoms with Gasteiger partial charge < -0.3 is 15.2 Å². The molecule has 0 aliphatic carbocycles. The highest BCUT2D eigenvalue weighted by atomic mass is 19.2. The number of hydrogen-bond acceptors (Lipinski definition) is 4. The summed E-state index contributed by atoms with van der Waals surface area (Å²) >= 11 is 0. The van der Waals surface area contributed by atoms with Gasteiger partial charge in [0.05, 0.1) is 13.2 Å². The van der Waals surface area contributed by atoms with Crippen molar-refractivity contribution in [3.8, 4) is 5.75 Å². The molecule has 1 atom stereocenters. The van der Waals surface area contributed by atoms with Crippen molar-refractivity contribution in [2.75, 3.05) is 51.9 Å². The lowest BCUT2D eigenvalue weighted by molar-refractivity contribution is 0.0322. The Morgan fingerprint density at radius 1 is 1.32 bits per heavy atom. The van der Waals surface area contributed by atoms with Crippen LogP contribution in [0.4, 0.5) is 14.5 Å². The molecule has 1 aromatic carbocycles. The van der Waals surface area contributed by atoms with Gasteiger partial charge in [-0.05, 0) is 24.1 Å². The first kappa shape index (κ1) is 17.0. The molecule has 22 heavy (non-hydrogen) atoms. The Kier molecular flexibility index (Phi) is 5.97. The van der Waals surface area contributed by atoms with E-state index in [0.29, 0.717) is 18.0 Å². The first-order valence-electron chi connectivity index (χ1n) is 7.66. The topological polar surface area (TPSA) is 47.7 Å². The van der Waals surface area contributed by atoms with Gasteiger partial charge in [0.15, 0.2) is 5.67 Å². The van der Waals surface area contributed by atoms with E-state index in [9.17, 15) is 8.78 Å². The van der Waals surface area contributed by atoms with Gasteiger partial charge >= 0.3 is 0 Å². The van der Waals surface area contributed by atoms with Crippen LogP contribution in [0.2, 0.25) is 0 Å². The number of nitrogens with two attached hydrogens (primary N) is 1. The molecule has 2 rings (SSSR count). The molecule has 1 heterocycles. The van der Waals surface area contributed by atoms with Crippen molar-refractivity contribution in [2.24, 2.45) is 0 Å². The number of halogens is 2. The predicted molar refractivity (Wildman–Crippen MR) is 82.7 cm³/mol. The van der Waals surface area contributed by atoms with E-state index in [0.717, 1.165) is 32.8 Å². The van der Waals surface area contributed by atoms with Crippen molar-refractivity contribution in [3.63, 3.8) is 0 Å². The second-order valence-electron chi connectivity index (χ2n) is 5.55. The van der Waals surface area contributed by atoms with Gasteiger partial charge in [0.2, 0.25) is 0 Å². The smallest absolute Gasteiger partial charge is 0.164 e. The van der Waals surface area contributed by atoms with Crippen LogP contribution in [0.25, 0.3) is 0 Å². The van der Waals surface area contributed by atoms with Gasteiger partial charge in [-0.2, -0.15) is 0 Å². The summed E-state index contributed by atoms with van der Waals surface area (Å²) in [5.41, 5.74) is 4.39. The molecule has 0 bridgehead atoms. The van der Waals surface area contributed by atoms with E-state index in [2.05, 4.69) is 4.90 Å². The molecule has 4 nitrogen and oxygen atoms in total. The molecule has 2 N–H and O–H groups in total. The minimum Gasteiger partial charge on any atom is -0.492 e. The summed E-state index contributed by atoms with van der Waals surface area (Å²) in [6, 6.07) is 4.65. The minimum absolute atomic E-state index is 0.0557. The maximum Gasteiger partial charge on any atom is 0.164 e. The van der Waals surface area contributed by atoms with E-state index in [1.54, 1.807) is 19.1 Å². The molecule has 1 saturated heterocycles. The third-order valence-corrected chi connectivity index (χ3v) is 4.00. The van der Waals surface area contributed by atoms with Gasteiger partial charge in [0.1, 0.15) is 19.0 Å². The van der Waals surface area contributed by atoms with Gasteiger partial charge in [-0.3, -0.25) is 4.90 Å². The average molecular weight is 314 g/mol. The van der Waals surface area contributed by atoms with Crippen molar-refractivity contribution in [2.45, 2.75) is 19.0 Å². The van der Waals surface area contributed by atoms with Crippen LogP contribution in [0.15, 0.2) is 18.2 Å². The van der Waals surface area contributed by atoms with Crippen molar-refractivity contribution in [1.82, 2.24) is 4.90 Å². The zero-order valence-corrected chi connectivity index (χ0v) is 13.0. The van der Waals surface area contributed by atoms with Crippen molar-refractivity contribution < 1.29 is 18.3 Å². The fourth-order valence-corrected chi connectivity index (χ4v) is 2.46. The molecular weight excluding hydrogens is 290 g/mol. The largest absolute Gasteiger partial charge is 0.492 e. The lowest BCUT2D eigenvalue weighted by Gasteiger charge is -2.26. The molecule has 1 aliphatic rings. The molecule has 0 amide bonds. The van der Waals surface area contributed by atoms with E-state index in [4.69, 9.17) is 15.2 Å². The number of hydrogen-bond donors (Lipinski definition) is 1. The first-order chi connectivity index (χ1) is 10.6. The van der Waals surface area contributed by atoms with Crippen LogP contribution in [0.1, 0.15) is 18.9 Å². The number of alkyl halides is 2. The first-order valence-corrected chi connectivity index (χ1v) is 7.66. The molecule has 124 valence electrons. The van der Waals surface area contributed by atoms with E-state index in [1.807, 2.05) is 0 Å². The fraction of sp³-hybridized carbons (Fsp3) is 0.625. The highest BCUT2D eigenvalue weighted by Gasteiger charge is 2.30. The number of ether oxygens (including phenoxy) is 2. The van der Waals surface area contributed by atoms with Gasteiger partial charge in [0, 0.05) is 31.4 Å².